The van der Waals surface area contributed by atoms with Gasteiger partial charge in [-0.3, -0.25) is 0 Å². The third kappa shape index (κ3) is 9.39. The molecule has 0 fully saturated rings. The predicted octanol–water partition coefficient (Wildman–Crippen LogP) is 9.95. The summed E-state index contributed by atoms with van der Waals surface area (Å²) in [5.41, 5.74) is 6.42. The highest BCUT2D eigenvalue weighted by Gasteiger charge is 1.94. The minimum atomic E-state index is 0. The summed E-state index contributed by atoms with van der Waals surface area (Å²) in [5.74, 6) is 0. The second-order valence-electron chi connectivity index (χ2n) is 5.96. The molecule has 0 aromatic heterocycles. The van der Waals surface area contributed by atoms with Crippen LogP contribution in [-0.4, -0.2) is 0 Å². The van der Waals surface area contributed by atoms with E-state index in [9.17, 15) is 0 Å². The Bertz CT molecular complexity index is 824. The highest BCUT2D eigenvalue weighted by atomic mass is 14.0. The smallest absolute Gasteiger partial charge is 0.0184 e. The van der Waals surface area contributed by atoms with Gasteiger partial charge in [-0.25, -0.2) is 0 Å². The lowest BCUT2D eigenvalue weighted by Crippen LogP contribution is -1.76. The normalized spacial score (nSPS) is 8.37. The van der Waals surface area contributed by atoms with Crippen LogP contribution in [0.2, 0.25) is 0 Å². The molecule has 160 valence electrons. The molecule has 0 aliphatic rings. The van der Waals surface area contributed by atoms with Gasteiger partial charge in [0.05, 0.1) is 0 Å². The largest absolute Gasteiger partial charge is 0.0776 e. The van der Waals surface area contributed by atoms with Gasteiger partial charge in [0.15, 0.2) is 0 Å². The molecular weight excluding hydrogens is 360 g/mol. The van der Waals surface area contributed by atoms with Gasteiger partial charge in [0.2, 0.25) is 0 Å². The van der Waals surface area contributed by atoms with Crippen molar-refractivity contribution in [2.75, 3.05) is 0 Å². The Kier molecular flexibility index (Phi) is 16.3. The molecular formula is C30H40. The molecule has 0 heterocycles. The second-order valence-corrected chi connectivity index (χ2v) is 5.96. The second kappa shape index (κ2) is 16.8. The van der Waals surface area contributed by atoms with Gasteiger partial charge in [-0.2, -0.15) is 0 Å². The van der Waals surface area contributed by atoms with Gasteiger partial charge in [0.1, 0.15) is 0 Å². The van der Waals surface area contributed by atoms with Crippen LogP contribution >= 0.6 is 0 Å². The monoisotopic (exact) mass is 400 g/mol. The van der Waals surface area contributed by atoms with Crippen LogP contribution < -0.4 is 0 Å². The molecule has 4 aromatic carbocycles. The lowest BCUT2D eigenvalue weighted by molar-refractivity contribution is 1.47. The molecule has 0 spiro atoms. The lowest BCUT2D eigenvalue weighted by atomic mass is 10.0. The van der Waals surface area contributed by atoms with Crippen LogP contribution in [0.1, 0.15) is 41.7 Å². The zero-order valence-corrected chi connectivity index (χ0v) is 16.5. The quantitative estimate of drug-likeness (QED) is 0.314. The fourth-order valence-electron chi connectivity index (χ4n) is 2.64. The summed E-state index contributed by atoms with van der Waals surface area (Å²) in [7, 11) is 0. The molecule has 0 amide bonds. The Morgan fingerprint density at radius 3 is 0.833 bits per heavy atom. The van der Waals surface area contributed by atoms with E-state index in [1.165, 1.54) is 27.8 Å². The Hall–Kier alpha value is -3.12. The zero-order chi connectivity index (χ0) is 19.3. The Labute approximate surface area is 186 Å². The number of benzene rings is 4. The summed E-state index contributed by atoms with van der Waals surface area (Å²) < 4.78 is 0. The summed E-state index contributed by atoms with van der Waals surface area (Å²) in [4.78, 5) is 0. The van der Waals surface area contributed by atoms with Gasteiger partial charge in [-0.1, -0.05) is 157 Å². The van der Waals surface area contributed by atoms with Crippen molar-refractivity contribution in [1.29, 1.82) is 0 Å². The maximum atomic E-state index is 2.16. The number of hydrogen-bond acceptors (Lipinski definition) is 0. The number of hydrogen-bond donors (Lipinski definition) is 0. The summed E-state index contributed by atoms with van der Waals surface area (Å²) in [6.45, 7) is 6.11. The van der Waals surface area contributed by atoms with Gasteiger partial charge in [-0.05, 0) is 29.2 Å². The van der Waals surface area contributed by atoms with Crippen LogP contribution in [0.15, 0.2) is 115 Å². The fraction of sp³-hybridized carbons (Fsp3) is 0.200. The molecule has 0 unspecified atom stereocenters. The summed E-state index contributed by atoms with van der Waals surface area (Å²) >= 11 is 0. The highest BCUT2D eigenvalue weighted by Crippen LogP contribution is 2.19. The van der Waals surface area contributed by atoms with Crippen LogP contribution in [0, 0.1) is 6.92 Å². The molecule has 0 atom stereocenters. The maximum Gasteiger partial charge on any atom is -0.0184 e. The molecule has 0 saturated heterocycles. The van der Waals surface area contributed by atoms with Crippen molar-refractivity contribution in [3.8, 4) is 22.3 Å². The van der Waals surface area contributed by atoms with Gasteiger partial charge < -0.3 is 0 Å². The first kappa shape index (κ1) is 29.1. The van der Waals surface area contributed by atoms with Crippen molar-refractivity contribution in [3.05, 3.63) is 121 Å². The number of rotatable bonds is 2. The molecule has 0 N–H and O–H groups in total. The maximum absolute atomic E-state index is 2.16. The molecule has 0 aliphatic heterocycles. The predicted molar refractivity (Wildman–Crippen MR) is 140 cm³/mol. The summed E-state index contributed by atoms with van der Waals surface area (Å²) in [5, 5.41) is 0. The van der Waals surface area contributed by atoms with Crippen LogP contribution in [0.25, 0.3) is 22.3 Å². The summed E-state index contributed by atoms with van der Waals surface area (Å²) in [6, 6.07) is 39.8. The molecule has 0 heteroatoms. The van der Waals surface area contributed by atoms with Crippen LogP contribution in [0.3, 0.4) is 0 Å². The molecule has 4 aromatic rings. The van der Waals surface area contributed by atoms with Crippen molar-refractivity contribution >= 4 is 0 Å². The van der Waals surface area contributed by atoms with E-state index < -0.39 is 0 Å². The van der Waals surface area contributed by atoms with Crippen molar-refractivity contribution < 1.29 is 0 Å². The molecule has 4 rings (SSSR count). The number of aryl methyl sites for hydroxylation is 1. The zero-order valence-electron chi connectivity index (χ0n) is 16.5. The first-order chi connectivity index (χ1) is 13.3. The van der Waals surface area contributed by atoms with E-state index >= 15 is 0 Å². The van der Waals surface area contributed by atoms with Crippen molar-refractivity contribution in [2.45, 2.75) is 43.1 Å². The molecule has 0 radical (unpaired) electrons. The lowest BCUT2D eigenvalue weighted by Gasteiger charge is -2.00. The molecule has 0 saturated carbocycles. The van der Waals surface area contributed by atoms with Gasteiger partial charge in [0, 0.05) is 0 Å². The van der Waals surface area contributed by atoms with Crippen LogP contribution in [-0.2, 0) is 0 Å². The molecule has 30 heavy (non-hydrogen) atoms. The van der Waals surface area contributed by atoms with E-state index in [-0.39, 0.29) is 22.3 Å². The van der Waals surface area contributed by atoms with E-state index in [0.29, 0.717) is 0 Å². The van der Waals surface area contributed by atoms with Crippen molar-refractivity contribution in [1.82, 2.24) is 0 Å². The average Bonchev–Trinajstić information content (AvgIpc) is 2.78. The Balaban J connectivity index is 0. The van der Waals surface area contributed by atoms with Crippen molar-refractivity contribution in [3.63, 3.8) is 0 Å². The van der Waals surface area contributed by atoms with E-state index in [1.807, 2.05) is 32.0 Å². The topological polar surface area (TPSA) is 0 Å². The van der Waals surface area contributed by atoms with Gasteiger partial charge in [-0.15, -0.1) is 0 Å². The SMILES string of the molecule is C.C.C.CC.Cc1ccc(-c2ccccc2)cc1.c1ccc(-c2ccccc2)cc1. The van der Waals surface area contributed by atoms with Crippen LogP contribution in [0.5, 0.6) is 0 Å². The van der Waals surface area contributed by atoms with Crippen LogP contribution in [0.4, 0.5) is 0 Å². The molecule has 0 bridgehead atoms. The fourth-order valence-corrected chi connectivity index (χ4v) is 2.64. The van der Waals surface area contributed by atoms with Crippen molar-refractivity contribution in [2.24, 2.45) is 0 Å². The minimum Gasteiger partial charge on any atom is -0.0776 e. The molecule has 0 aliphatic carbocycles. The highest BCUT2D eigenvalue weighted by molar-refractivity contribution is 5.63. The molecule has 0 nitrogen and oxygen atoms in total. The third-order valence-corrected chi connectivity index (χ3v) is 4.04. The Morgan fingerprint density at radius 1 is 0.333 bits per heavy atom. The first-order valence-corrected chi connectivity index (χ1v) is 9.55. The average molecular weight is 401 g/mol. The van der Waals surface area contributed by atoms with Gasteiger partial charge >= 0.3 is 0 Å². The van der Waals surface area contributed by atoms with E-state index in [2.05, 4.69) is 104 Å². The first-order valence-electron chi connectivity index (χ1n) is 9.55. The standard InChI is InChI=1S/C13H12.C12H10.C2H6.3CH4/c1-11-7-9-13(10-8-11)12-5-3-2-4-6-12;1-3-7-11(8-4-1)12-9-5-2-6-10-12;1-2;;;/h2-10H,1H3;1-10H;1-2H3;3*1H4. The van der Waals surface area contributed by atoms with E-state index in [1.54, 1.807) is 0 Å². The summed E-state index contributed by atoms with van der Waals surface area (Å²) in [6.07, 6.45) is 0. The van der Waals surface area contributed by atoms with Gasteiger partial charge in [0.25, 0.3) is 0 Å². The minimum absolute atomic E-state index is 0. The Morgan fingerprint density at radius 2 is 0.567 bits per heavy atom. The van der Waals surface area contributed by atoms with E-state index in [0.717, 1.165) is 0 Å². The third-order valence-electron chi connectivity index (χ3n) is 4.04. The van der Waals surface area contributed by atoms with E-state index in [4.69, 9.17) is 0 Å².